The Morgan fingerprint density at radius 1 is 1.18 bits per heavy atom. The van der Waals surface area contributed by atoms with Crippen LogP contribution in [0.25, 0.3) is 0 Å². The van der Waals surface area contributed by atoms with Gasteiger partial charge in [0.05, 0.1) is 22.9 Å². The maximum atomic E-state index is 12.8. The maximum Gasteiger partial charge on any atom is 0.178 e. The molecular formula is C29H40O4S. The van der Waals surface area contributed by atoms with Crippen LogP contribution in [0.5, 0.6) is 0 Å². The monoisotopic (exact) mass is 484 g/mol. The summed E-state index contributed by atoms with van der Waals surface area (Å²) in [6, 6.07) is 8.80. The van der Waals surface area contributed by atoms with Gasteiger partial charge < -0.3 is 10.2 Å². The smallest absolute Gasteiger partial charge is 0.178 e. The number of fused-ring (bicyclic) bond motifs is 1. The number of sulfone groups is 1. The molecule has 0 unspecified atom stereocenters. The van der Waals surface area contributed by atoms with Crippen LogP contribution in [0.4, 0.5) is 0 Å². The van der Waals surface area contributed by atoms with E-state index in [0.717, 1.165) is 36.8 Å². The zero-order valence-corrected chi connectivity index (χ0v) is 21.4. The molecule has 0 aliphatic heterocycles. The molecule has 4 nitrogen and oxygen atoms in total. The van der Waals surface area contributed by atoms with Crippen molar-refractivity contribution in [2.24, 2.45) is 23.2 Å². The predicted molar refractivity (Wildman–Crippen MR) is 137 cm³/mol. The van der Waals surface area contributed by atoms with Crippen molar-refractivity contribution >= 4 is 9.84 Å². The summed E-state index contributed by atoms with van der Waals surface area (Å²) >= 11 is 0. The number of hydrogen-bond donors (Lipinski definition) is 2. The second kappa shape index (κ2) is 10.1. The van der Waals surface area contributed by atoms with Crippen molar-refractivity contribution in [3.8, 4) is 0 Å². The molecule has 0 radical (unpaired) electrons. The van der Waals surface area contributed by atoms with Crippen molar-refractivity contribution < 1.29 is 18.6 Å². The van der Waals surface area contributed by atoms with Crippen molar-refractivity contribution in [2.75, 3.05) is 5.75 Å². The number of aliphatic hydroxyl groups is 2. The minimum Gasteiger partial charge on any atom is -0.393 e. The number of allylic oxidation sites excluding steroid dienone is 3. The first-order valence-electron chi connectivity index (χ1n) is 12.8. The Kier molecular flexibility index (Phi) is 7.56. The highest BCUT2D eigenvalue weighted by Crippen LogP contribution is 2.59. The highest BCUT2D eigenvalue weighted by molar-refractivity contribution is 7.91. The van der Waals surface area contributed by atoms with Crippen molar-refractivity contribution in [1.29, 1.82) is 0 Å². The fourth-order valence-electron chi connectivity index (χ4n) is 6.97. The zero-order chi connectivity index (χ0) is 24.5. The fourth-order valence-corrected chi connectivity index (χ4v) is 8.46. The van der Waals surface area contributed by atoms with E-state index in [1.165, 1.54) is 12.0 Å². The van der Waals surface area contributed by atoms with E-state index in [9.17, 15) is 18.6 Å². The summed E-state index contributed by atoms with van der Waals surface area (Å²) in [6.45, 7) is 8.71. The summed E-state index contributed by atoms with van der Waals surface area (Å²) in [4.78, 5) is 0.424. The lowest BCUT2D eigenvalue weighted by Gasteiger charge is -2.44. The van der Waals surface area contributed by atoms with Crippen LogP contribution in [0.3, 0.4) is 0 Å². The van der Waals surface area contributed by atoms with Crippen molar-refractivity contribution in [1.82, 2.24) is 0 Å². The van der Waals surface area contributed by atoms with Crippen LogP contribution in [0.2, 0.25) is 0 Å². The quantitative estimate of drug-likeness (QED) is 0.549. The Hall–Kier alpha value is -1.69. The van der Waals surface area contributed by atoms with E-state index in [-0.39, 0.29) is 11.2 Å². The van der Waals surface area contributed by atoms with Crippen LogP contribution in [0, 0.1) is 23.2 Å². The summed E-state index contributed by atoms with van der Waals surface area (Å²) in [5.74, 6) is 1.60. The Morgan fingerprint density at radius 2 is 1.91 bits per heavy atom. The highest BCUT2D eigenvalue weighted by atomic mass is 32.2. The van der Waals surface area contributed by atoms with Gasteiger partial charge in [0.25, 0.3) is 0 Å². The molecule has 3 fully saturated rings. The Morgan fingerprint density at radius 3 is 2.65 bits per heavy atom. The van der Waals surface area contributed by atoms with Gasteiger partial charge in [-0.25, -0.2) is 8.42 Å². The lowest BCUT2D eigenvalue weighted by atomic mass is 9.61. The minimum absolute atomic E-state index is 0.196. The standard InChI is InChI=1S/C29H40O4S/c1-20(15-17-34(32,33)25-9-5-4-6-10-25)26-13-14-27-22(8-7-16-29(26,27)3)11-12-23-18-24(30)19-28(31)21(23)2/h4-6,9-12,20,24,26-28,30-31H,2,7-8,13-19H2,1,3H3/t20-,24-,26-,27+,28+,29-/m1/s1. The average Bonchev–Trinajstić information content (AvgIpc) is 3.17. The van der Waals surface area contributed by atoms with Gasteiger partial charge in [0.1, 0.15) is 0 Å². The summed E-state index contributed by atoms with van der Waals surface area (Å²) in [5, 5.41) is 20.2. The molecule has 34 heavy (non-hydrogen) atoms. The summed E-state index contributed by atoms with van der Waals surface area (Å²) in [5.41, 5.74) is 3.36. The number of benzene rings is 1. The average molecular weight is 485 g/mol. The third-order valence-corrected chi connectivity index (χ3v) is 10.7. The van der Waals surface area contributed by atoms with E-state index in [1.54, 1.807) is 24.3 Å². The van der Waals surface area contributed by atoms with Gasteiger partial charge in [-0.05, 0) is 91.4 Å². The molecule has 3 aliphatic rings. The second-order valence-electron chi connectivity index (χ2n) is 11.1. The normalized spacial score (nSPS) is 35.5. The molecule has 0 saturated heterocycles. The Bertz CT molecular complexity index is 1050. The minimum atomic E-state index is -3.25. The molecule has 5 heteroatoms. The first-order chi connectivity index (χ1) is 16.1. The molecule has 0 heterocycles. The van der Waals surface area contributed by atoms with Crippen molar-refractivity contribution in [3.63, 3.8) is 0 Å². The fraction of sp³-hybridized carbons (Fsp3) is 0.586. The molecule has 6 atom stereocenters. The third-order valence-electron chi connectivity index (χ3n) is 8.93. The lowest BCUT2D eigenvalue weighted by Crippen LogP contribution is -2.36. The number of rotatable bonds is 6. The van der Waals surface area contributed by atoms with Gasteiger partial charge in [-0.15, -0.1) is 0 Å². The van der Waals surface area contributed by atoms with Gasteiger partial charge >= 0.3 is 0 Å². The molecule has 2 N–H and O–H groups in total. The van der Waals surface area contributed by atoms with E-state index in [2.05, 4.69) is 32.6 Å². The third kappa shape index (κ3) is 5.12. The lowest BCUT2D eigenvalue weighted by molar-refractivity contribution is 0.0861. The first-order valence-corrected chi connectivity index (χ1v) is 14.5. The van der Waals surface area contributed by atoms with E-state index < -0.39 is 22.0 Å². The van der Waals surface area contributed by atoms with Crippen LogP contribution >= 0.6 is 0 Å². The first kappa shape index (κ1) is 25.4. The van der Waals surface area contributed by atoms with Gasteiger partial charge in [0.15, 0.2) is 9.84 Å². The molecule has 1 aromatic rings. The van der Waals surface area contributed by atoms with Crippen molar-refractivity contribution in [2.45, 2.75) is 82.3 Å². The van der Waals surface area contributed by atoms with Gasteiger partial charge in [-0.2, -0.15) is 0 Å². The summed E-state index contributed by atoms with van der Waals surface area (Å²) in [7, 11) is -3.25. The molecule has 4 rings (SSSR count). The van der Waals surface area contributed by atoms with Crippen LogP contribution in [-0.2, 0) is 9.84 Å². The molecule has 1 aromatic carbocycles. The maximum absolute atomic E-state index is 12.8. The van der Waals surface area contributed by atoms with Crippen molar-refractivity contribution in [3.05, 3.63) is 65.8 Å². The summed E-state index contributed by atoms with van der Waals surface area (Å²) < 4.78 is 25.6. The van der Waals surface area contributed by atoms with Gasteiger partial charge in [-0.1, -0.05) is 56.4 Å². The predicted octanol–water partition coefficient (Wildman–Crippen LogP) is 5.63. The Labute approximate surface area is 205 Å². The second-order valence-corrected chi connectivity index (χ2v) is 13.2. The van der Waals surface area contributed by atoms with Crippen LogP contribution < -0.4 is 0 Å². The largest absolute Gasteiger partial charge is 0.393 e. The molecule has 0 amide bonds. The van der Waals surface area contributed by atoms with Gasteiger partial charge in [-0.3, -0.25) is 0 Å². The molecule has 3 aliphatic carbocycles. The molecule has 0 bridgehead atoms. The number of hydrogen-bond acceptors (Lipinski definition) is 4. The molecular weight excluding hydrogens is 444 g/mol. The van der Waals surface area contributed by atoms with Crippen LogP contribution in [0.15, 0.2) is 70.7 Å². The molecule has 3 saturated carbocycles. The topological polar surface area (TPSA) is 74.6 Å². The highest BCUT2D eigenvalue weighted by Gasteiger charge is 2.50. The van der Waals surface area contributed by atoms with Crippen LogP contribution in [-0.4, -0.2) is 36.6 Å². The SMILES string of the molecule is C=C1C(=CC=C2CCC[C@]3(C)[C@@H]([C@H](C)CCS(=O)(=O)c4ccccc4)CC[C@@H]23)C[C@@H](O)C[C@@H]1O. The van der Waals surface area contributed by atoms with E-state index in [0.29, 0.717) is 41.9 Å². The van der Waals surface area contributed by atoms with Crippen LogP contribution in [0.1, 0.15) is 65.2 Å². The summed E-state index contributed by atoms with van der Waals surface area (Å²) in [6.07, 6.45) is 10.5. The number of aliphatic hydroxyl groups excluding tert-OH is 2. The zero-order valence-electron chi connectivity index (χ0n) is 20.6. The Balaban J connectivity index is 1.46. The van der Waals surface area contributed by atoms with Gasteiger partial charge in [0.2, 0.25) is 0 Å². The van der Waals surface area contributed by atoms with E-state index in [4.69, 9.17) is 0 Å². The molecule has 186 valence electrons. The molecule has 0 aromatic heterocycles. The van der Waals surface area contributed by atoms with Gasteiger partial charge in [0, 0.05) is 6.42 Å². The molecule has 0 spiro atoms. The van der Waals surface area contributed by atoms with E-state index >= 15 is 0 Å². The van der Waals surface area contributed by atoms with E-state index in [1.807, 2.05) is 6.07 Å².